The second-order valence-corrected chi connectivity index (χ2v) is 7.18. The van der Waals surface area contributed by atoms with E-state index in [-0.39, 0.29) is 6.04 Å². The van der Waals surface area contributed by atoms with Gasteiger partial charge in [-0.05, 0) is 23.6 Å². The molecular formula is C20H30N4O4. The number of anilines is 1. The molecule has 0 spiro atoms. The van der Waals surface area contributed by atoms with Crippen molar-refractivity contribution in [2.45, 2.75) is 12.5 Å². The standard InChI is InChI=1S/C20H30N4O4/c1-23-7-5-16-13-15(3-4-17(16)23)18(24-8-11-28-12-9-24)14-22-20(26)19(25)21-6-10-27-2/h3-4,13,18H,5-12,14H2,1-2H3,(H,21,25)(H,22,26). The van der Waals surface area contributed by atoms with Crippen LogP contribution in [0, 0.1) is 0 Å². The molecule has 1 atom stereocenters. The van der Waals surface area contributed by atoms with Gasteiger partial charge in [-0.25, -0.2) is 0 Å². The van der Waals surface area contributed by atoms with Gasteiger partial charge in [0.05, 0.1) is 25.9 Å². The van der Waals surface area contributed by atoms with Crippen molar-refractivity contribution < 1.29 is 19.1 Å². The van der Waals surface area contributed by atoms with Crippen LogP contribution < -0.4 is 15.5 Å². The number of nitrogens with zero attached hydrogens (tertiary/aromatic N) is 2. The maximum atomic E-state index is 12.2. The minimum absolute atomic E-state index is 0.0100. The van der Waals surface area contributed by atoms with Crippen LogP contribution in [-0.4, -0.2) is 83.4 Å². The lowest BCUT2D eigenvalue weighted by molar-refractivity contribution is -0.139. The number of nitrogens with one attached hydrogen (secondary N) is 2. The van der Waals surface area contributed by atoms with Crippen LogP contribution in [-0.2, 0) is 25.5 Å². The first kappa shape index (κ1) is 20.6. The Hall–Kier alpha value is -2.16. The lowest BCUT2D eigenvalue weighted by atomic mass is 10.0. The number of ether oxygens (including phenoxy) is 2. The number of fused-ring (bicyclic) bond motifs is 1. The van der Waals surface area contributed by atoms with E-state index in [0.29, 0.717) is 32.9 Å². The molecular weight excluding hydrogens is 360 g/mol. The van der Waals surface area contributed by atoms with Crippen molar-refractivity contribution in [2.24, 2.45) is 0 Å². The summed E-state index contributed by atoms with van der Waals surface area (Å²) in [6.45, 7) is 5.05. The van der Waals surface area contributed by atoms with Gasteiger partial charge >= 0.3 is 11.8 Å². The minimum atomic E-state index is -0.631. The van der Waals surface area contributed by atoms with E-state index >= 15 is 0 Å². The predicted molar refractivity (Wildman–Crippen MR) is 106 cm³/mol. The number of hydrogen-bond donors (Lipinski definition) is 2. The molecule has 0 aliphatic carbocycles. The summed E-state index contributed by atoms with van der Waals surface area (Å²) in [4.78, 5) is 28.7. The summed E-state index contributed by atoms with van der Waals surface area (Å²) in [6.07, 6.45) is 1.03. The quantitative estimate of drug-likeness (QED) is 0.501. The maximum Gasteiger partial charge on any atom is 0.309 e. The summed E-state index contributed by atoms with van der Waals surface area (Å²) < 4.78 is 10.4. The Morgan fingerprint density at radius 2 is 1.93 bits per heavy atom. The van der Waals surface area contributed by atoms with Gasteiger partial charge in [0, 0.05) is 52.6 Å². The molecule has 2 N–H and O–H groups in total. The first-order chi connectivity index (χ1) is 13.6. The van der Waals surface area contributed by atoms with Crippen molar-refractivity contribution in [3.8, 4) is 0 Å². The zero-order valence-electron chi connectivity index (χ0n) is 16.7. The molecule has 1 unspecified atom stereocenters. The molecule has 154 valence electrons. The molecule has 3 rings (SSSR count). The smallest absolute Gasteiger partial charge is 0.309 e. The Kier molecular flexibility index (Phi) is 7.24. The number of benzene rings is 1. The molecule has 0 bridgehead atoms. The van der Waals surface area contributed by atoms with E-state index in [0.717, 1.165) is 31.6 Å². The number of morpholine rings is 1. The van der Waals surface area contributed by atoms with E-state index in [1.165, 1.54) is 11.3 Å². The average molecular weight is 390 g/mol. The Morgan fingerprint density at radius 1 is 1.18 bits per heavy atom. The van der Waals surface area contributed by atoms with E-state index < -0.39 is 11.8 Å². The van der Waals surface area contributed by atoms with Crippen LogP contribution in [0.15, 0.2) is 18.2 Å². The molecule has 0 radical (unpaired) electrons. The number of likely N-dealkylation sites (N-methyl/N-ethyl adjacent to an activating group) is 1. The Bertz CT molecular complexity index is 691. The number of rotatable bonds is 7. The van der Waals surface area contributed by atoms with Crippen LogP contribution in [0.3, 0.4) is 0 Å². The fraction of sp³-hybridized carbons (Fsp3) is 0.600. The third kappa shape index (κ3) is 5.01. The molecule has 28 heavy (non-hydrogen) atoms. The second-order valence-electron chi connectivity index (χ2n) is 7.18. The Labute approximate surface area is 166 Å². The summed E-state index contributed by atoms with van der Waals surface area (Å²) in [7, 11) is 3.65. The molecule has 1 fully saturated rings. The fourth-order valence-electron chi connectivity index (χ4n) is 3.76. The summed E-state index contributed by atoms with van der Waals surface area (Å²) >= 11 is 0. The van der Waals surface area contributed by atoms with E-state index in [9.17, 15) is 9.59 Å². The summed E-state index contributed by atoms with van der Waals surface area (Å²) in [5.74, 6) is -1.25. The SMILES string of the molecule is COCCNC(=O)C(=O)NCC(c1ccc2c(c1)CCN2C)N1CCOCC1. The molecule has 0 aromatic heterocycles. The van der Waals surface area contributed by atoms with Gasteiger partial charge in [0.15, 0.2) is 0 Å². The molecule has 1 aromatic carbocycles. The van der Waals surface area contributed by atoms with E-state index in [1.54, 1.807) is 7.11 Å². The highest BCUT2D eigenvalue weighted by atomic mass is 16.5. The van der Waals surface area contributed by atoms with Crippen LogP contribution in [0.25, 0.3) is 0 Å². The largest absolute Gasteiger partial charge is 0.383 e. The van der Waals surface area contributed by atoms with Crippen molar-refractivity contribution in [2.75, 3.05) is 71.6 Å². The number of carbonyl (C=O) groups is 2. The Balaban J connectivity index is 1.68. The second kappa shape index (κ2) is 9.86. The van der Waals surface area contributed by atoms with Crippen molar-refractivity contribution in [1.29, 1.82) is 0 Å². The van der Waals surface area contributed by atoms with Gasteiger partial charge in [-0.15, -0.1) is 0 Å². The third-order valence-corrected chi connectivity index (χ3v) is 5.36. The van der Waals surface area contributed by atoms with Crippen LogP contribution in [0.1, 0.15) is 17.2 Å². The number of carbonyl (C=O) groups excluding carboxylic acids is 2. The molecule has 1 aromatic rings. The molecule has 2 aliphatic heterocycles. The van der Waals surface area contributed by atoms with E-state index in [1.807, 2.05) is 0 Å². The highest BCUT2D eigenvalue weighted by Crippen LogP contribution is 2.31. The number of amides is 2. The highest BCUT2D eigenvalue weighted by Gasteiger charge is 2.26. The van der Waals surface area contributed by atoms with Crippen molar-refractivity contribution in [1.82, 2.24) is 15.5 Å². The Morgan fingerprint density at radius 3 is 2.68 bits per heavy atom. The molecule has 1 saturated heterocycles. The van der Waals surface area contributed by atoms with Crippen LogP contribution in [0.4, 0.5) is 5.69 Å². The maximum absolute atomic E-state index is 12.2. The highest BCUT2D eigenvalue weighted by molar-refractivity contribution is 6.35. The summed E-state index contributed by atoms with van der Waals surface area (Å²) in [5, 5.41) is 5.35. The van der Waals surface area contributed by atoms with Crippen molar-refractivity contribution in [3.05, 3.63) is 29.3 Å². The lowest BCUT2D eigenvalue weighted by Crippen LogP contribution is -2.47. The molecule has 2 aliphatic rings. The predicted octanol–water partition coefficient (Wildman–Crippen LogP) is -0.0690. The molecule has 8 nitrogen and oxygen atoms in total. The summed E-state index contributed by atoms with van der Waals surface area (Å²) in [5.41, 5.74) is 3.77. The average Bonchev–Trinajstić information content (AvgIpc) is 3.09. The molecule has 2 heterocycles. The van der Waals surface area contributed by atoms with Gasteiger partial charge in [0.1, 0.15) is 0 Å². The van der Waals surface area contributed by atoms with Crippen molar-refractivity contribution in [3.63, 3.8) is 0 Å². The zero-order chi connectivity index (χ0) is 19.9. The van der Waals surface area contributed by atoms with E-state index in [4.69, 9.17) is 9.47 Å². The van der Waals surface area contributed by atoms with Crippen LogP contribution in [0.5, 0.6) is 0 Å². The van der Waals surface area contributed by atoms with Gasteiger partial charge in [-0.2, -0.15) is 0 Å². The van der Waals surface area contributed by atoms with Crippen molar-refractivity contribution >= 4 is 17.5 Å². The third-order valence-electron chi connectivity index (χ3n) is 5.36. The van der Waals surface area contributed by atoms with Gasteiger partial charge < -0.3 is 25.0 Å². The molecule has 8 heteroatoms. The first-order valence-corrected chi connectivity index (χ1v) is 9.81. The van der Waals surface area contributed by atoms with Gasteiger partial charge in [0.2, 0.25) is 0 Å². The minimum Gasteiger partial charge on any atom is -0.383 e. The topological polar surface area (TPSA) is 83.1 Å². The van der Waals surface area contributed by atoms with E-state index in [2.05, 4.69) is 45.7 Å². The van der Waals surface area contributed by atoms with Gasteiger partial charge in [0.25, 0.3) is 0 Å². The normalized spacial score (nSPS) is 17.9. The van der Waals surface area contributed by atoms with Crippen LogP contribution in [0.2, 0.25) is 0 Å². The summed E-state index contributed by atoms with van der Waals surface area (Å²) in [6, 6.07) is 6.54. The molecule has 0 saturated carbocycles. The van der Waals surface area contributed by atoms with Gasteiger partial charge in [-0.1, -0.05) is 12.1 Å². The first-order valence-electron chi connectivity index (χ1n) is 9.81. The van der Waals surface area contributed by atoms with Gasteiger partial charge in [-0.3, -0.25) is 14.5 Å². The lowest BCUT2D eigenvalue weighted by Gasteiger charge is -2.35. The monoisotopic (exact) mass is 390 g/mol. The zero-order valence-corrected chi connectivity index (χ0v) is 16.7. The molecule has 2 amide bonds. The number of methoxy groups -OCH3 is 1. The fourth-order valence-corrected chi connectivity index (χ4v) is 3.76. The van der Waals surface area contributed by atoms with Crippen LogP contribution >= 0.6 is 0 Å². The number of hydrogen-bond acceptors (Lipinski definition) is 6.